The van der Waals surface area contributed by atoms with Crippen LogP contribution >= 0.6 is 11.8 Å². The van der Waals surface area contributed by atoms with Crippen LogP contribution in [0, 0.1) is 30.9 Å². The van der Waals surface area contributed by atoms with Gasteiger partial charge in [-0.1, -0.05) is 11.8 Å². The van der Waals surface area contributed by atoms with Gasteiger partial charge in [-0.25, -0.2) is 0 Å². The van der Waals surface area contributed by atoms with Gasteiger partial charge in [-0.2, -0.15) is 23.7 Å². The molecule has 2 heterocycles. The number of nitro groups is 1. The predicted molar refractivity (Wildman–Crippen MR) is 116 cm³/mol. The largest absolute Gasteiger partial charge is 0.490 e. The zero-order valence-electron chi connectivity index (χ0n) is 18.2. The van der Waals surface area contributed by atoms with Gasteiger partial charge in [-0.3, -0.25) is 14.8 Å². The summed E-state index contributed by atoms with van der Waals surface area (Å²) in [5, 5.41) is 28.3. The zero-order valence-corrected chi connectivity index (χ0v) is 19.0. The van der Waals surface area contributed by atoms with E-state index in [2.05, 4.69) is 25.1 Å². The Morgan fingerprint density at radius 2 is 2.03 bits per heavy atom. The molecule has 0 atom stereocenters. The van der Waals surface area contributed by atoms with Crippen molar-refractivity contribution >= 4 is 23.7 Å². The van der Waals surface area contributed by atoms with Crippen LogP contribution in [0.3, 0.4) is 0 Å². The summed E-state index contributed by atoms with van der Waals surface area (Å²) in [7, 11) is 0. The van der Waals surface area contributed by atoms with E-state index in [0.29, 0.717) is 27.9 Å². The molecule has 0 amide bonds. The lowest BCUT2D eigenvalue weighted by molar-refractivity contribution is -0.386. The van der Waals surface area contributed by atoms with Gasteiger partial charge in [0.15, 0.2) is 17.3 Å². The van der Waals surface area contributed by atoms with Gasteiger partial charge < -0.3 is 9.47 Å². The number of nitrogens with zero attached hydrogens (tertiary/aromatic N) is 7. The fraction of sp³-hybridized carbons (Fsp3) is 0.368. The number of halogens is 2. The Bertz CT molecular complexity index is 1180. The molecule has 11 nitrogen and oxygen atoms in total. The van der Waals surface area contributed by atoms with Crippen molar-refractivity contribution in [3.05, 3.63) is 51.1 Å². The fourth-order valence-electron chi connectivity index (χ4n) is 2.95. The summed E-state index contributed by atoms with van der Waals surface area (Å²) in [6.45, 7) is 3.96. The van der Waals surface area contributed by atoms with E-state index in [1.165, 1.54) is 39.5 Å². The molecular formula is C19H21F2N7O4S. The Kier molecular flexibility index (Phi) is 7.58. The molecule has 0 aliphatic carbocycles. The van der Waals surface area contributed by atoms with Crippen molar-refractivity contribution in [2.75, 3.05) is 6.61 Å². The molecule has 0 fully saturated rings. The zero-order chi connectivity index (χ0) is 24.1. The third-order valence-electron chi connectivity index (χ3n) is 4.42. The average molecular weight is 481 g/mol. The summed E-state index contributed by atoms with van der Waals surface area (Å²) in [6.07, 6.45) is 1.50. The van der Waals surface area contributed by atoms with Crippen molar-refractivity contribution in [1.29, 1.82) is 0 Å². The molecule has 0 saturated carbocycles. The predicted octanol–water partition coefficient (Wildman–Crippen LogP) is 3.94. The lowest BCUT2D eigenvalue weighted by atomic mass is 10.2. The van der Waals surface area contributed by atoms with Crippen LogP contribution < -0.4 is 9.47 Å². The highest BCUT2D eigenvalue weighted by Crippen LogP contribution is 2.30. The number of alkyl halides is 2. The topological polar surface area (TPSA) is 122 Å². The van der Waals surface area contributed by atoms with Crippen LogP contribution in [0.4, 0.5) is 14.5 Å². The summed E-state index contributed by atoms with van der Waals surface area (Å²) in [5.74, 6) is 0.876. The second-order valence-electron chi connectivity index (χ2n) is 6.65. The number of benzene rings is 1. The van der Waals surface area contributed by atoms with Gasteiger partial charge in [-0.15, -0.1) is 10.2 Å². The molecule has 0 radical (unpaired) electrons. The van der Waals surface area contributed by atoms with E-state index in [-0.39, 0.29) is 29.7 Å². The molecule has 33 heavy (non-hydrogen) atoms. The van der Waals surface area contributed by atoms with Crippen LogP contribution in [0.25, 0.3) is 0 Å². The van der Waals surface area contributed by atoms with E-state index in [0.717, 1.165) is 0 Å². The van der Waals surface area contributed by atoms with Crippen LogP contribution in [0.15, 0.2) is 28.5 Å². The van der Waals surface area contributed by atoms with E-state index in [9.17, 15) is 18.9 Å². The molecule has 3 rings (SSSR count). The fourth-order valence-corrected chi connectivity index (χ4v) is 3.84. The van der Waals surface area contributed by atoms with Crippen molar-refractivity contribution < 1.29 is 23.2 Å². The molecule has 0 unspecified atom stereocenters. The van der Waals surface area contributed by atoms with Crippen LogP contribution in [0.5, 0.6) is 11.5 Å². The number of aromatic nitrogens is 5. The van der Waals surface area contributed by atoms with Crippen LogP contribution in [0.1, 0.15) is 29.7 Å². The van der Waals surface area contributed by atoms with Crippen molar-refractivity contribution in [3.63, 3.8) is 0 Å². The number of hydrogen-bond acceptors (Lipinski definition) is 9. The van der Waals surface area contributed by atoms with Crippen LogP contribution in [-0.2, 0) is 5.88 Å². The van der Waals surface area contributed by atoms with E-state index in [4.69, 9.17) is 4.74 Å². The minimum absolute atomic E-state index is 0.0179. The van der Waals surface area contributed by atoms with Gasteiger partial charge in [0.2, 0.25) is 5.16 Å². The molecule has 0 saturated heterocycles. The van der Waals surface area contributed by atoms with Gasteiger partial charge in [0, 0.05) is 0 Å². The summed E-state index contributed by atoms with van der Waals surface area (Å²) in [6, 6.07) is 4.47. The summed E-state index contributed by atoms with van der Waals surface area (Å²) >= 11 is 1.25. The SMILES string of the molecule is CCOc1cc(C=Nn2c(C)nnc2SCn2nc(C)c([N+](=O)[O-])c2C)ccc1OC(F)F. The maximum atomic E-state index is 12.6. The maximum Gasteiger partial charge on any atom is 0.387 e. The lowest BCUT2D eigenvalue weighted by Gasteiger charge is -2.11. The summed E-state index contributed by atoms with van der Waals surface area (Å²) in [5.41, 5.74) is 1.33. The molecule has 1 aromatic carbocycles. The Labute approximate surface area is 191 Å². The van der Waals surface area contributed by atoms with E-state index in [1.54, 1.807) is 33.8 Å². The highest BCUT2D eigenvalue weighted by molar-refractivity contribution is 7.98. The first-order valence-electron chi connectivity index (χ1n) is 9.70. The maximum absolute atomic E-state index is 12.6. The molecule has 2 aromatic heterocycles. The third-order valence-corrected chi connectivity index (χ3v) is 5.30. The third kappa shape index (κ3) is 5.63. The Morgan fingerprint density at radius 1 is 1.27 bits per heavy atom. The second-order valence-corrected chi connectivity index (χ2v) is 7.57. The Morgan fingerprint density at radius 3 is 2.67 bits per heavy atom. The molecule has 0 aliphatic rings. The van der Waals surface area contributed by atoms with Crippen molar-refractivity contribution in [1.82, 2.24) is 24.7 Å². The number of rotatable bonds is 10. The minimum atomic E-state index is -2.97. The number of ether oxygens (including phenoxy) is 2. The Hall–Kier alpha value is -3.55. The quantitative estimate of drug-likeness (QED) is 0.185. The highest BCUT2D eigenvalue weighted by Gasteiger charge is 2.22. The molecule has 0 bridgehead atoms. The summed E-state index contributed by atoms with van der Waals surface area (Å²) < 4.78 is 38.0. The average Bonchev–Trinajstić information content (AvgIpc) is 3.24. The normalized spacial score (nSPS) is 11.5. The molecule has 176 valence electrons. The van der Waals surface area contributed by atoms with Crippen molar-refractivity contribution in [2.45, 2.75) is 45.3 Å². The number of aryl methyl sites for hydroxylation is 2. The molecule has 0 aliphatic heterocycles. The number of thioether (sulfide) groups is 1. The second kappa shape index (κ2) is 10.4. The van der Waals surface area contributed by atoms with Crippen LogP contribution in [0.2, 0.25) is 0 Å². The molecule has 0 spiro atoms. The molecule has 3 aromatic rings. The van der Waals surface area contributed by atoms with Gasteiger partial charge in [-0.05, 0) is 51.5 Å². The van der Waals surface area contributed by atoms with Gasteiger partial charge in [0.25, 0.3) is 0 Å². The molecule has 0 N–H and O–H groups in total. The highest BCUT2D eigenvalue weighted by atomic mass is 32.2. The summed E-state index contributed by atoms with van der Waals surface area (Å²) in [4.78, 5) is 10.7. The van der Waals surface area contributed by atoms with Crippen molar-refractivity contribution in [3.8, 4) is 11.5 Å². The van der Waals surface area contributed by atoms with Gasteiger partial charge >= 0.3 is 12.3 Å². The first kappa shape index (κ1) is 24.1. The monoisotopic (exact) mass is 481 g/mol. The van der Waals surface area contributed by atoms with Crippen LogP contribution in [-0.4, -0.2) is 49.0 Å². The van der Waals surface area contributed by atoms with Gasteiger partial charge in [0.1, 0.15) is 11.4 Å². The molecule has 14 heteroatoms. The van der Waals surface area contributed by atoms with E-state index < -0.39 is 11.5 Å². The van der Waals surface area contributed by atoms with Gasteiger partial charge in [0.05, 0.1) is 23.6 Å². The first-order valence-corrected chi connectivity index (χ1v) is 10.7. The smallest absolute Gasteiger partial charge is 0.387 e. The van der Waals surface area contributed by atoms with Crippen molar-refractivity contribution in [2.24, 2.45) is 5.10 Å². The standard InChI is InChI=1S/C19H21F2N7O4S/c1-5-31-16-8-14(6-7-15(16)32-18(20)21)9-22-27-13(4)23-24-19(27)33-10-26-12(3)17(28(29)30)11(2)25-26/h6-9,18H,5,10H2,1-4H3. The first-order chi connectivity index (χ1) is 15.7. The number of hydrogen-bond donors (Lipinski definition) is 0. The lowest BCUT2D eigenvalue weighted by Crippen LogP contribution is -2.05. The molecular weight excluding hydrogens is 460 g/mol. The van der Waals surface area contributed by atoms with E-state index in [1.807, 2.05) is 0 Å². The Balaban J connectivity index is 1.80. The minimum Gasteiger partial charge on any atom is -0.490 e. The van der Waals surface area contributed by atoms with E-state index >= 15 is 0 Å².